The van der Waals surface area contributed by atoms with E-state index in [-0.39, 0.29) is 23.5 Å². The number of carbonyl (C=O) groups is 4. The highest BCUT2D eigenvalue weighted by molar-refractivity contribution is 5.92. The van der Waals surface area contributed by atoms with Gasteiger partial charge in [-0.1, -0.05) is 33.9 Å². The summed E-state index contributed by atoms with van der Waals surface area (Å²) in [5.41, 5.74) is 0.968. The Balaban J connectivity index is 2.17. The van der Waals surface area contributed by atoms with Gasteiger partial charge in [-0.3, -0.25) is 9.59 Å². The number of hydrogen-bond donors (Lipinski definition) is 0. The third-order valence-electron chi connectivity index (χ3n) is 6.84. The molecule has 1 saturated heterocycles. The van der Waals surface area contributed by atoms with Gasteiger partial charge in [0.15, 0.2) is 0 Å². The molecule has 180 valence electrons. The van der Waals surface area contributed by atoms with E-state index in [0.717, 1.165) is 0 Å². The van der Waals surface area contributed by atoms with Crippen molar-refractivity contribution in [2.75, 3.05) is 0 Å². The molecule has 3 rings (SSSR count). The maximum Gasteiger partial charge on any atom is 0.334 e. The summed E-state index contributed by atoms with van der Waals surface area (Å²) in [6, 6.07) is 0. The lowest BCUT2D eigenvalue weighted by molar-refractivity contribution is -0.172. The number of hydrogen-bond acceptors (Lipinski definition) is 8. The van der Waals surface area contributed by atoms with Gasteiger partial charge in [0, 0.05) is 29.9 Å². The molecule has 3 aliphatic rings. The molecular formula is C25H32O8. The molecule has 1 aliphatic heterocycles. The fourth-order valence-corrected chi connectivity index (χ4v) is 5.15. The normalized spacial score (nSPS) is 33.1. The second-order valence-electron chi connectivity index (χ2n) is 9.73. The average molecular weight is 461 g/mol. The van der Waals surface area contributed by atoms with Gasteiger partial charge in [0.2, 0.25) is 0 Å². The van der Waals surface area contributed by atoms with E-state index >= 15 is 0 Å². The zero-order valence-corrected chi connectivity index (χ0v) is 20.1. The molecule has 1 heterocycles. The van der Waals surface area contributed by atoms with E-state index in [1.165, 1.54) is 13.8 Å². The van der Waals surface area contributed by atoms with Gasteiger partial charge < -0.3 is 18.9 Å². The van der Waals surface area contributed by atoms with E-state index in [1.807, 2.05) is 13.8 Å². The van der Waals surface area contributed by atoms with Gasteiger partial charge in [-0.2, -0.15) is 0 Å². The standard InChI is InChI=1S/C25H32O8/c1-11(2)22(27)31-16-9-18(30-15(7)26)25(8)10-17-19(14(6)24(29)32-17)21(20(25)13(16)5)33-23(28)12(3)4/h11,16-19,21H,3,6,9-10H2,1-2,4-5,7-8H3/t16-,17+,18-,19+,21-,25+/m0/s1. The van der Waals surface area contributed by atoms with Crippen LogP contribution in [-0.2, 0) is 38.1 Å². The number of esters is 4. The smallest absolute Gasteiger partial charge is 0.334 e. The van der Waals surface area contributed by atoms with Crippen molar-refractivity contribution in [2.24, 2.45) is 17.3 Å². The van der Waals surface area contributed by atoms with E-state index in [0.29, 0.717) is 17.6 Å². The fraction of sp³-hybridized carbons (Fsp3) is 0.600. The van der Waals surface area contributed by atoms with Crippen molar-refractivity contribution in [1.29, 1.82) is 0 Å². The van der Waals surface area contributed by atoms with Crippen molar-refractivity contribution in [3.63, 3.8) is 0 Å². The molecule has 0 bridgehead atoms. The van der Waals surface area contributed by atoms with Gasteiger partial charge in [0.25, 0.3) is 0 Å². The SMILES string of the molecule is C=C(C)C(=O)O[C@@H]1C2=C(C)[C@@H](OC(=O)C(C)C)C[C@H](OC(C)=O)[C@@]2(C)C[C@H]2OC(=O)C(=C)[C@@H]12. The Labute approximate surface area is 194 Å². The topological polar surface area (TPSA) is 105 Å². The number of fused-ring (bicyclic) bond motifs is 2. The molecular weight excluding hydrogens is 428 g/mol. The molecule has 6 atom stereocenters. The van der Waals surface area contributed by atoms with Crippen LogP contribution >= 0.6 is 0 Å². The molecule has 0 amide bonds. The summed E-state index contributed by atoms with van der Waals surface area (Å²) in [6.45, 7) is 17.6. The molecule has 0 aromatic heterocycles. The van der Waals surface area contributed by atoms with Crippen LogP contribution < -0.4 is 0 Å². The Kier molecular flexibility index (Phi) is 6.60. The lowest BCUT2D eigenvalue weighted by Crippen LogP contribution is -2.56. The van der Waals surface area contributed by atoms with Crippen molar-refractivity contribution < 1.29 is 38.1 Å². The molecule has 0 spiro atoms. The van der Waals surface area contributed by atoms with Gasteiger partial charge >= 0.3 is 23.9 Å². The highest BCUT2D eigenvalue weighted by Gasteiger charge is 2.61. The van der Waals surface area contributed by atoms with Crippen LogP contribution in [0.3, 0.4) is 0 Å². The van der Waals surface area contributed by atoms with Gasteiger partial charge in [-0.05, 0) is 31.4 Å². The first kappa shape index (κ1) is 24.7. The number of carbonyl (C=O) groups excluding carboxylic acids is 4. The fourth-order valence-electron chi connectivity index (χ4n) is 5.15. The number of rotatable bonds is 5. The molecule has 8 heteroatoms. The summed E-state index contributed by atoms with van der Waals surface area (Å²) >= 11 is 0. The highest BCUT2D eigenvalue weighted by Crippen LogP contribution is 2.57. The van der Waals surface area contributed by atoms with Gasteiger partial charge in [-0.15, -0.1) is 0 Å². The van der Waals surface area contributed by atoms with E-state index < -0.39 is 59.6 Å². The van der Waals surface area contributed by atoms with Crippen LogP contribution in [0.15, 0.2) is 35.5 Å². The quantitative estimate of drug-likeness (QED) is 0.267. The Hall–Kier alpha value is -2.90. The Morgan fingerprint density at radius 1 is 1.15 bits per heavy atom. The zero-order chi connectivity index (χ0) is 24.8. The Morgan fingerprint density at radius 2 is 1.79 bits per heavy atom. The third kappa shape index (κ3) is 4.35. The van der Waals surface area contributed by atoms with Crippen LogP contribution in [0.2, 0.25) is 0 Å². The lowest BCUT2D eigenvalue weighted by Gasteiger charge is -2.52. The van der Waals surface area contributed by atoms with Crippen LogP contribution in [0.1, 0.15) is 54.4 Å². The van der Waals surface area contributed by atoms with Crippen molar-refractivity contribution in [3.8, 4) is 0 Å². The summed E-state index contributed by atoms with van der Waals surface area (Å²) in [6.07, 6.45) is -2.27. The molecule has 0 N–H and O–H groups in total. The van der Waals surface area contributed by atoms with Gasteiger partial charge in [-0.25, -0.2) is 9.59 Å². The van der Waals surface area contributed by atoms with Crippen LogP contribution in [0, 0.1) is 17.3 Å². The zero-order valence-electron chi connectivity index (χ0n) is 20.1. The van der Waals surface area contributed by atoms with E-state index in [9.17, 15) is 19.2 Å². The summed E-state index contributed by atoms with van der Waals surface area (Å²) in [7, 11) is 0. The predicted octanol–water partition coefficient (Wildman–Crippen LogP) is 3.20. The summed E-state index contributed by atoms with van der Waals surface area (Å²) in [4.78, 5) is 49.4. The van der Waals surface area contributed by atoms with Crippen molar-refractivity contribution in [1.82, 2.24) is 0 Å². The summed E-state index contributed by atoms with van der Waals surface area (Å²) in [5.74, 6) is -3.00. The highest BCUT2D eigenvalue weighted by atomic mass is 16.6. The van der Waals surface area contributed by atoms with E-state index in [4.69, 9.17) is 18.9 Å². The molecule has 0 radical (unpaired) electrons. The molecule has 2 aliphatic carbocycles. The van der Waals surface area contributed by atoms with Crippen molar-refractivity contribution >= 4 is 23.9 Å². The Bertz CT molecular complexity index is 957. The maximum absolute atomic E-state index is 12.6. The summed E-state index contributed by atoms with van der Waals surface area (Å²) in [5, 5.41) is 0. The van der Waals surface area contributed by atoms with Gasteiger partial charge in [0.1, 0.15) is 24.4 Å². The lowest BCUT2D eigenvalue weighted by atomic mass is 9.57. The third-order valence-corrected chi connectivity index (χ3v) is 6.84. The minimum atomic E-state index is -0.907. The predicted molar refractivity (Wildman–Crippen MR) is 118 cm³/mol. The van der Waals surface area contributed by atoms with Crippen molar-refractivity contribution in [2.45, 2.75) is 78.8 Å². The molecule has 1 saturated carbocycles. The molecule has 0 aromatic rings. The maximum atomic E-state index is 12.6. The van der Waals surface area contributed by atoms with Crippen LogP contribution in [-0.4, -0.2) is 48.3 Å². The van der Waals surface area contributed by atoms with Crippen LogP contribution in [0.4, 0.5) is 0 Å². The van der Waals surface area contributed by atoms with Crippen LogP contribution in [0.5, 0.6) is 0 Å². The second-order valence-corrected chi connectivity index (χ2v) is 9.73. The van der Waals surface area contributed by atoms with E-state index in [2.05, 4.69) is 13.2 Å². The molecule has 2 fully saturated rings. The van der Waals surface area contributed by atoms with E-state index in [1.54, 1.807) is 13.8 Å². The second kappa shape index (κ2) is 8.80. The molecule has 0 aromatic carbocycles. The first-order valence-corrected chi connectivity index (χ1v) is 11.1. The minimum absolute atomic E-state index is 0.197. The minimum Gasteiger partial charge on any atom is -0.461 e. The largest absolute Gasteiger partial charge is 0.461 e. The number of ether oxygens (including phenoxy) is 4. The first-order valence-electron chi connectivity index (χ1n) is 11.1. The first-order chi connectivity index (χ1) is 15.3. The monoisotopic (exact) mass is 460 g/mol. The average Bonchev–Trinajstić information content (AvgIpc) is 2.97. The molecule has 8 nitrogen and oxygen atoms in total. The van der Waals surface area contributed by atoms with Gasteiger partial charge in [0.05, 0.1) is 11.8 Å². The van der Waals surface area contributed by atoms with Crippen LogP contribution in [0.25, 0.3) is 0 Å². The Morgan fingerprint density at radius 3 is 2.33 bits per heavy atom. The molecule has 33 heavy (non-hydrogen) atoms. The summed E-state index contributed by atoms with van der Waals surface area (Å²) < 4.78 is 22.9. The molecule has 0 unspecified atom stereocenters. The van der Waals surface area contributed by atoms with Crippen molar-refractivity contribution in [3.05, 3.63) is 35.5 Å².